The van der Waals surface area contributed by atoms with E-state index in [4.69, 9.17) is 0 Å². The highest BCUT2D eigenvalue weighted by atomic mass is 32.1. The molecule has 7 heterocycles. The van der Waals surface area contributed by atoms with E-state index in [1.807, 2.05) is 34.0 Å². The van der Waals surface area contributed by atoms with Gasteiger partial charge in [0.1, 0.15) is 0 Å². The second-order valence-corrected chi connectivity index (χ2v) is 26.6. The summed E-state index contributed by atoms with van der Waals surface area (Å²) in [5.41, 5.74) is 19.1. The van der Waals surface area contributed by atoms with Gasteiger partial charge in [0.2, 0.25) is 0 Å². The van der Waals surface area contributed by atoms with E-state index >= 15 is 0 Å². The Balaban J connectivity index is 0.899. The number of benzene rings is 14. The number of fused-ring (bicyclic) bond motifs is 26. The molecule has 0 fully saturated rings. The standard InChI is InChI=1S/C78H41BN2S3/c1-2-14-50-48(12-1)49-13-3-4-18-57(49)74-58(50)31-32-59-61-35-46(44-25-29-55-52-16-6-9-22-69(52)83-72(55)40-44)38-64-77(61)81(78(59)74)67-20-11-19-66-75(67)79(64)63-37-47(45-26-30-56-53-17-7-10-23-70(53)84-73(56)41-45)36-62-60-34-42(27-33-65(60)80(66)76(62)63)43-24-28-54-51-15-5-8-21-68(51)82-71(54)39-43/h1-41H. The molecular weight excluding hydrogens is 1070 g/mol. The number of nitrogens with zero attached hydrogens (tertiary/aromatic N) is 2. The van der Waals surface area contributed by atoms with E-state index in [-0.39, 0.29) is 6.71 Å². The summed E-state index contributed by atoms with van der Waals surface area (Å²) in [5, 5.41) is 20.8. The van der Waals surface area contributed by atoms with Gasteiger partial charge in [-0.3, -0.25) is 0 Å². The molecule has 0 radical (unpaired) electrons. The van der Waals surface area contributed by atoms with Crippen molar-refractivity contribution in [3.63, 3.8) is 0 Å². The summed E-state index contributed by atoms with van der Waals surface area (Å²) in [6, 6.07) is 95.8. The van der Waals surface area contributed by atoms with Gasteiger partial charge in [-0.25, -0.2) is 0 Å². The lowest BCUT2D eigenvalue weighted by molar-refractivity contribution is 1.15. The van der Waals surface area contributed by atoms with Crippen LogP contribution in [0.3, 0.4) is 0 Å². The van der Waals surface area contributed by atoms with Gasteiger partial charge < -0.3 is 9.13 Å². The van der Waals surface area contributed by atoms with Gasteiger partial charge in [-0.05, 0) is 149 Å². The van der Waals surface area contributed by atoms with Crippen molar-refractivity contribution >= 4 is 194 Å². The van der Waals surface area contributed by atoms with Gasteiger partial charge in [0.15, 0.2) is 0 Å². The van der Waals surface area contributed by atoms with Gasteiger partial charge in [-0.15, -0.1) is 34.0 Å². The van der Waals surface area contributed by atoms with Crippen LogP contribution in [0.2, 0.25) is 0 Å². The molecule has 2 nitrogen and oxygen atoms in total. The number of thiophene rings is 3. The lowest BCUT2D eigenvalue weighted by Gasteiger charge is -2.34. The number of rotatable bonds is 3. The second-order valence-electron chi connectivity index (χ2n) is 23.4. The summed E-state index contributed by atoms with van der Waals surface area (Å²) < 4.78 is 13.3. The van der Waals surface area contributed by atoms with Crippen molar-refractivity contribution in [1.82, 2.24) is 9.13 Å². The maximum absolute atomic E-state index is 2.70. The maximum atomic E-state index is 2.70. The third-order valence-corrected chi connectivity index (χ3v) is 22.6. The van der Waals surface area contributed by atoms with Crippen molar-refractivity contribution in [2.45, 2.75) is 0 Å². The van der Waals surface area contributed by atoms with Crippen molar-refractivity contribution < 1.29 is 0 Å². The second kappa shape index (κ2) is 16.0. The minimum Gasteiger partial charge on any atom is -0.310 e. The molecule has 21 rings (SSSR count). The summed E-state index contributed by atoms with van der Waals surface area (Å²) in [5.74, 6) is 0. The molecule has 2 aliphatic rings. The minimum absolute atomic E-state index is 0.0745. The first-order chi connectivity index (χ1) is 41.6. The van der Waals surface area contributed by atoms with E-state index in [1.54, 1.807) is 0 Å². The molecule has 0 atom stereocenters. The molecule has 0 bridgehead atoms. The van der Waals surface area contributed by atoms with Crippen LogP contribution in [0.4, 0.5) is 0 Å². The topological polar surface area (TPSA) is 9.86 Å². The lowest BCUT2D eigenvalue weighted by atomic mass is 9.34. The molecule has 0 amide bonds. The van der Waals surface area contributed by atoms with Gasteiger partial charge in [-0.1, -0.05) is 176 Å². The Kier molecular flexibility index (Phi) is 8.55. The van der Waals surface area contributed by atoms with Crippen molar-refractivity contribution in [2.24, 2.45) is 0 Å². The van der Waals surface area contributed by atoms with E-state index in [1.165, 1.54) is 198 Å². The Bertz CT molecular complexity index is 6230. The molecule has 0 N–H and O–H groups in total. The molecule has 19 aromatic rings. The Morgan fingerprint density at radius 2 is 0.619 bits per heavy atom. The van der Waals surface area contributed by atoms with Crippen LogP contribution < -0.4 is 16.4 Å². The van der Waals surface area contributed by atoms with E-state index in [0.717, 1.165) is 0 Å². The van der Waals surface area contributed by atoms with E-state index in [0.29, 0.717) is 0 Å². The molecule has 6 heteroatoms. The van der Waals surface area contributed by atoms with Crippen molar-refractivity contribution in [3.05, 3.63) is 249 Å². The fourth-order valence-corrected chi connectivity index (χ4v) is 19.1. The summed E-state index contributed by atoms with van der Waals surface area (Å²) >= 11 is 5.69. The Hall–Kier alpha value is -9.82. The molecule has 14 aromatic carbocycles. The molecule has 0 unspecified atom stereocenters. The van der Waals surface area contributed by atoms with Gasteiger partial charge in [0.25, 0.3) is 6.71 Å². The predicted molar refractivity (Wildman–Crippen MR) is 367 cm³/mol. The van der Waals surface area contributed by atoms with Crippen molar-refractivity contribution in [1.29, 1.82) is 0 Å². The Labute approximate surface area is 492 Å². The highest BCUT2D eigenvalue weighted by Crippen LogP contribution is 2.48. The normalized spacial score (nSPS) is 13.0. The average molecular weight is 1110 g/mol. The number of hydrogen-bond donors (Lipinski definition) is 0. The van der Waals surface area contributed by atoms with E-state index in [2.05, 4.69) is 258 Å². The SMILES string of the molecule is c1cc2c3c(c1)-n1c4c(cc(-c5ccc6c(c5)sc5ccccc56)cc4c4ccc5c6ccccc6c6ccccc6c5c41)B3c1cc(-c3ccc4c(c3)sc3ccccc34)cc3c4cc(-c5ccc6c(c5)sc5ccccc56)ccc4n-2c13. The van der Waals surface area contributed by atoms with Crippen LogP contribution in [-0.2, 0) is 0 Å². The van der Waals surface area contributed by atoms with Crippen LogP contribution in [0, 0.1) is 0 Å². The first-order valence-corrected chi connectivity index (χ1v) is 31.4. The number of hydrogen-bond acceptors (Lipinski definition) is 3. The molecule has 2 aliphatic heterocycles. The van der Waals surface area contributed by atoms with Crippen molar-refractivity contribution in [2.75, 3.05) is 0 Å². The highest BCUT2D eigenvalue weighted by molar-refractivity contribution is 7.26. The minimum atomic E-state index is -0.0745. The van der Waals surface area contributed by atoms with Gasteiger partial charge >= 0.3 is 0 Å². The molecule has 5 aromatic heterocycles. The zero-order chi connectivity index (χ0) is 54.2. The average Bonchev–Trinajstić information content (AvgIpc) is 1.72. The van der Waals surface area contributed by atoms with E-state index < -0.39 is 0 Å². The highest BCUT2D eigenvalue weighted by Gasteiger charge is 2.42. The molecule has 84 heavy (non-hydrogen) atoms. The van der Waals surface area contributed by atoms with Gasteiger partial charge in [0.05, 0.1) is 11.0 Å². The first-order valence-electron chi connectivity index (χ1n) is 29.0. The smallest absolute Gasteiger partial charge is 0.252 e. The first kappa shape index (κ1) is 44.8. The largest absolute Gasteiger partial charge is 0.310 e. The van der Waals surface area contributed by atoms with Crippen LogP contribution in [0.1, 0.15) is 0 Å². The van der Waals surface area contributed by atoms with Gasteiger partial charge in [-0.2, -0.15) is 0 Å². The van der Waals surface area contributed by atoms with Crippen LogP contribution >= 0.6 is 34.0 Å². The quantitative estimate of drug-likeness (QED) is 0.123. The fourth-order valence-electron chi connectivity index (χ4n) is 15.7. The van der Waals surface area contributed by atoms with Crippen LogP contribution in [0.25, 0.3) is 181 Å². The summed E-state index contributed by atoms with van der Waals surface area (Å²) in [4.78, 5) is 0. The summed E-state index contributed by atoms with van der Waals surface area (Å²) in [6.45, 7) is -0.0745. The third kappa shape index (κ3) is 5.75. The van der Waals surface area contributed by atoms with Crippen LogP contribution in [-0.4, -0.2) is 15.8 Å². The molecule has 0 aliphatic carbocycles. The molecule has 0 saturated heterocycles. The molecule has 384 valence electrons. The Morgan fingerprint density at radius 3 is 1.18 bits per heavy atom. The van der Waals surface area contributed by atoms with Crippen molar-refractivity contribution in [3.8, 4) is 44.8 Å². The molecular formula is C78H41BN2S3. The Morgan fingerprint density at radius 1 is 0.238 bits per heavy atom. The lowest BCUT2D eigenvalue weighted by Crippen LogP contribution is -2.59. The van der Waals surface area contributed by atoms with Gasteiger partial charge in [0, 0.05) is 110 Å². The summed E-state index contributed by atoms with van der Waals surface area (Å²) in [7, 11) is 0. The van der Waals surface area contributed by atoms with E-state index in [9.17, 15) is 0 Å². The monoisotopic (exact) mass is 1110 g/mol. The number of aromatic nitrogens is 2. The van der Waals surface area contributed by atoms with Crippen LogP contribution in [0.15, 0.2) is 249 Å². The zero-order valence-corrected chi connectivity index (χ0v) is 47.3. The summed E-state index contributed by atoms with van der Waals surface area (Å²) in [6.07, 6.45) is 0. The zero-order valence-electron chi connectivity index (χ0n) is 44.9. The molecule has 0 spiro atoms. The maximum Gasteiger partial charge on any atom is 0.252 e. The predicted octanol–water partition coefficient (Wildman–Crippen LogP) is 20.6. The fraction of sp³-hybridized carbons (Fsp3) is 0. The van der Waals surface area contributed by atoms with Crippen LogP contribution in [0.5, 0.6) is 0 Å². The third-order valence-electron chi connectivity index (χ3n) is 19.2. The molecule has 0 saturated carbocycles.